The first-order valence-corrected chi connectivity index (χ1v) is 41.4. The molecule has 38 heteroatoms. The lowest BCUT2D eigenvalue weighted by Crippen LogP contribution is -2.72. The van der Waals surface area contributed by atoms with E-state index >= 15 is 0 Å². The largest absolute Gasteiger partial charge is 0.477 e. The lowest BCUT2D eigenvalue weighted by molar-refractivity contribution is -0.402. The van der Waals surface area contributed by atoms with Crippen LogP contribution in [0.15, 0.2) is 24.3 Å². The highest BCUT2D eigenvalue weighted by Crippen LogP contribution is 2.42. The number of hydrogen-bond donors (Lipinski definition) is 22. The third-order valence-corrected chi connectivity index (χ3v) is 21.6. The summed E-state index contributed by atoms with van der Waals surface area (Å²) >= 11 is 0. The number of aliphatic hydroxyl groups excluding tert-OH is 16. The van der Waals surface area contributed by atoms with Crippen LogP contribution in [-0.2, 0) is 76.1 Å². The zero-order chi connectivity index (χ0) is 85.8. The molecule has 0 spiro atoms. The number of carboxylic acids is 2. The highest BCUT2D eigenvalue weighted by molar-refractivity contribution is 5.78. The van der Waals surface area contributed by atoms with Gasteiger partial charge >= 0.3 is 11.9 Å². The van der Waals surface area contributed by atoms with Crippen molar-refractivity contribution in [2.75, 3.05) is 39.6 Å². The average Bonchev–Trinajstić information content (AvgIpc) is 0.751. The Bertz CT molecular complexity index is 2910. The van der Waals surface area contributed by atoms with Gasteiger partial charge in [-0.2, -0.15) is 0 Å². The van der Waals surface area contributed by atoms with E-state index in [2.05, 4.69) is 47.3 Å². The van der Waals surface area contributed by atoms with Crippen molar-refractivity contribution in [3.8, 4) is 0 Å². The minimum atomic E-state index is -3.59. The number of ether oxygens (including phenoxy) is 10. The Hall–Kier alpha value is -4.74. The van der Waals surface area contributed by atoms with Crippen LogP contribution in [0.1, 0.15) is 214 Å². The van der Waals surface area contributed by atoms with E-state index < -0.39 is 265 Å². The molecule has 5 heterocycles. The van der Waals surface area contributed by atoms with Crippen molar-refractivity contribution in [3.05, 3.63) is 24.3 Å². The van der Waals surface area contributed by atoms with Gasteiger partial charge in [0.2, 0.25) is 23.6 Å². The maximum absolute atomic E-state index is 14.2. The molecule has 0 aromatic carbocycles. The number of nitrogens with one attached hydrogen (secondary N) is 4. The molecule has 5 fully saturated rings. The summed E-state index contributed by atoms with van der Waals surface area (Å²) in [5.41, 5.74) is 0. The second-order valence-electron chi connectivity index (χ2n) is 31.1. The topological polar surface area (TPSA) is 607 Å². The third-order valence-electron chi connectivity index (χ3n) is 21.6. The zero-order valence-electron chi connectivity index (χ0n) is 67.5. The molecule has 0 saturated carbocycles. The fourth-order valence-electron chi connectivity index (χ4n) is 15.1. The Morgan fingerprint density at radius 3 is 1.40 bits per heavy atom. The summed E-state index contributed by atoms with van der Waals surface area (Å²) in [5.74, 6) is -14.6. The molecule has 0 aliphatic carbocycles. The molecule has 4 amide bonds. The zero-order valence-corrected chi connectivity index (χ0v) is 67.5. The number of carbonyl (C=O) groups excluding carboxylic acids is 4. The normalized spacial score (nSPS) is 33.4. The van der Waals surface area contributed by atoms with E-state index in [4.69, 9.17) is 47.4 Å². The number of aliphatic carboxylic acids is 2. The molecule has 29 unspecified atom stereocenters. The highest BCUT2D eigenvalue weighted by Gasteiger charge is 2.64. The first-order valence-electron chi connectivity index (χ1n) is 41.4. The standard InChI is InChI=1S/C78H136N4O34/c1-6-8-10-12-14-16-18-20-21-23-25-27-29-31-33-35-56(95)82-47(48(91)34-32-30-28-26-24-22-19-17-15-13-11-9-7-2)43-107-73-65(101)64(100)67(54(41-86)109-73)111-74-66(102)71(68(55(42-87)110-74)112-72-59(81-46(5)90)63(99)61(97)52(39-84)108-72)116-78(76(105)106)37-50(93)58(80-45(4)89)70(115-78)62(98)53(40-85)113-77(75(103)104)36-49(92)57(79-44(3)88)69(114-77)60(96)51(94)38-83/h20-21,32,34,47-55,57-74,83-87,91-94,96-102H,6-19,22-31,33,35-43H2,1-5H3,(H,79,88)(H,80,89)(H,81,90)(H,82,95)(H,103,104)(H,105,106). The maximum Gasteiger partial charge on any atom is 0.364 e. The lowest BCUT2D eigenvalue weighted by Gasteiger charge is -2.52. The van der Waals surface area contributed by atoms with Crippen LogP contribution < -0.4 is 21.3 Å². The number of carboxylic acid groups (broad SMARTS) is 2. The van der Waals surface area contributed by atoms with Crippen LogP contribution in [-0.4, -0.2) is 344 Å². The molecule has 116 heavy (non-hydrogen) atoms. The van der Waals surface area contributed by atoms with E-state index in [0.717, 1.165) is 91.4 Å². The molecule has 22 N–H and O–H groups in total. The quantitative estimate of drug-likeness (QED) is 0.0233. The van der Waals surface area contributed by atoms with E-state index in [1.165, 1.54) is 83.1 Å². The highest BCUT2D eigenvalue weighted by atomic mass is 16.8. The Morgan fingerprint density at radius 2 is 0.905 bits per heavy atom. The minimum Gasteiger partial charge on any atom is -0.477 e. The first-order chi connectivity index (χ1) is 55.3. The maximum atomic E-state index is 14.2. The summed E-state index contributed by atoms with van der Waals surface area (Å²) in [7, 11) is 0. The fourth-order valence-corrected chi connectivity index (χ4v) is 15.1. The molecule has 5 saturated heterocycles. The molecule has 0 radical (unpaired) electrons. The number of allylic oxidation sites excluding steroid dienone is 3. The van der Waals surface area contributed by atoms with Crippen molar-refractivity contribution in [2.24, 2.45) is 0 Å². The minimum absolute atomic E-state index is 0.0986. The molecule has 672 valence electrons. The molecule has 29 atom stereocenters. The van der Waals surface area contributed by atoms with Crippen LogP contribution in [0.3, 0.4) is 0 Å². The van der Waals surface area contributed by atoms with E-state index in [9.17, 15) is 121 Å². The summed E-state index contributed by atoms with van der Waals surface area (Å²) < 4.78 is 59.9. The summed E-state index contributed by atoms with van der Waals surface area (Å²) in [4.78, 5) is 79.0. The Kier molecular flexibility index (Phi) is 46.1. The van der Waals surface area contributed by atoms with Gasteiger partial charge in [-0.25, -0.2) is 9.59 Å². The van der Waals surface area contributed by atoms with Crippen molar-refractivity contribution >= 4 is 35.6 Å². The second-order valence-corrected chi connectivity index (χ2v) is 31.1. The van der Waals surface area contributed by atoms with E-state index in [-0.39, 0.29) is 6.42 Å². The summed E-state index contributed by atoms with van der Waals surface area (Å²) in [6.45, 7) is 0.487. The van der Waals surface area contributed by atoms with Gasteiger partial charge in [0.15, 0.2) is 18.9 Å². The molecule has 0 aromatic heterocycles. The van der Waals surface area contributed by atoms with Gasteiger partial charge in [-0.1, -0.05) is 154 Å². The van der Waals surface area contributed by atoms with Gasteiger partial charge in [-0.05, 0) is 44.9 Å². The predicted octanol–water partition coefficient (Wildman–Crippen LogP) is -1.92. The van der Waals surface area contributed by atoms with Crippen molar-refractivity contribution < 1.29 is 168 Å². The van der Waals surface area contributed by atoms with E-state index in [0.29, 0.717) is 12.8 Å². The van der Waals surface area contributed by atoms with Crippen LogP contribution >= 0.6 is 0 Å². The molecule has 5 aliphatic heterocycles. The molecule has 0 bridgehead atoms. The van der Waals surface area contributed by atoms with Crippen molar-refractivity contribution in [1.29, 1.82) is 0 Å². The number of aliphatic hydroxyl groups is 16. The number of rotatable bonds is 55. The number of carbonyl (C=O) groups is 6. The summed E-state index contributed by atoms with van der Waals surface area (Å²) in [5, 5.41) is 213. The van der Waals surface area contributed by atoms with Crippen LogP contribution in [0.4, 0.5) is 0 Å². The molecule has 38 nitrogen and oxygen atoms in total. The fraction of sp³-hybridized carbons (Fsp3) is 0.872. The molecule has 0 aromatic rings. The van der Waals surface area contributed by atoms with Gasteiger partial charge in [0, 0.05) is 40.0 Å². The Balaban J connectivity index is 1.45. The Morgan fingerprint density at radius 1 is 0.466 bits per heavy atom. The lowest BCUT2D eigenvalue weighted by atomic mass is 9.87. The number of hydrogen-bond acceptors (Lipinski definition) is 32. The molecule has 5 rings (SSSR count). The van der Waals surface area contributed by atoms with E-state index in [1.54, 1.807) is 6.08 Å². The SMILES string of the molecule is CCCCCCCCC=CCCCCCCCC(=O)NC(COC1OC(CO)C(OC2OC(CO)C(OC3OC(CO)C(O)C(O)C3NC(C)=O)C(OC3(C(=O)O)CC(O)C(NC(C)=O)C(C(O)C(CO)OC4(C(=O)O)CC(O)C(NC(C)=O)C(C(O)C(O)CO)O4)O3)C2O)C(O)C1O)C(O)C=CCCCCCCCCCCCCC. The van der Waals surface area contributed by atoms with Crippen molar-refractivity contribution in [3.63, 3.8) is 0 Å². The van der Waals surface area contributed by atoms with Crippen LogP contribution in [0, 0.1) is 0 Å². The van der Waals surface area contributed by atoms with Gasteiger partial charge in [-0.3, -0.25) is 19.2 Å². The predicted molar refractivity (Wildman–Crippen MR) is 407 cm³/mol. The van der Waals surface area contributed by atoms with Gasteiger partial charge in [0.05, 0.1) is 76.1 Å². The summed E-state index contributed by atoms with van der Waals surface area (Å²) in [6, 6.07) is -6.83. The van der Waals surface area contributed by atoms with Crippen LogP contribution in [0.25, 0.3) is 0 Å². The van der Waals surface area contributed by atoms with Crippen molar-refractivity contribution in [1.82, 2.24) is 21.3 Å². The van der Waals surface area contributed by atoms with Crippen LogP contribution in [0.5, 0.6) is 0 Å². The number of unbranched alkanes of at least 4 members (excludes halogenated alkanes) is 22. The van der Waals surface area contributed by atoms with Gasteiger partial charge in [0.1, 0.15) is 110 Å². The molecular weight excluding hydrogens is 1540 g/mol. The average molecular weight is 1670 g/mol. The number of amides is 4. The van der Waals surface area contributed by atoms with Gasteiger partial charge in [-0.15, -0.1) is 0 Å². The first kappa shape index (κ1) is 102. The smallest absolute Gasteiger partial charge is 0.364 e. The Labute approximate surface area is 677 Å². The van der Waals surface area contributed by atoms with Gasteiger partial charge in [0.25, 0.3) is 11.6 Å². The third kappa shape index (κ3) is 30.7. The molecule has 5 aliphatic rings. The van der Waals surface area contributed by atoms with Crippen molar-refractivity contribution in [2.45, 2.75) is 391 Å². The second kappa shape index (κ2) is 52.6. The monoisotopic (exact) mass is 1670 g/mol. The van der Waals surface area contributed by atoms with E-state index in [1.807, 2.05) is 0 Å². The summed E-state index contributed by atoms with van der Waals surface area (Å²) in [6.07, 6.45) is -18.3. The molecular formula is C78H136N4O34. The van der Waals surface area contributed by atoms with Crippen LogP contribution in [0.2, 0.25) is 0 Å². The van der Waals surface area contributed by atoms with Gasteiger partial charge < -0.3 is 161 Å².